The zero-order valence-electron chi connectivity index (χ0n) is 17.9. The summed E-state index contributed by atoms with van der Waals surface area (Å²) in [7, 11) is 0. The Balaban J connectivity index is 1.95. The fraction of sp³-hybridized carbons (Fsp3) is 0.455. The maximum absolute atomic E-state index is 13.4. The quantitative estimate of drug-likeness (QED) is 0.598. The molecule has 7 nitrogen and oxygen atoms in total. The van der Waals surface area contributed by atoms with Crippen LogP contribution in [0, 0.1) is 13.8 Å². The molecular weight excluding hydrogens is 400 g/mol. The molecule has 1 aliphatic heterocycles. The smallest absolute Gasteiger partial charge is 0.239 e. The van der Waals surface area contributed by atoms with Gasteiger partial charge in [-0.1, -0.05) is 0 Å². The minimum Gasteiger partial charge on any atom is -0.868 e. The number of carbonyl (C=O) groups is 2. The average molecular weight is 429 g/mol. The van der Waals surface area contributed by atoms with Crippen LogP contribution >= 0.6 is 11.3 Å². The van der Waals surface area contributed by atoms with E-state index in [0.29, 0.717) is 17.1 Å². The maximum Gasteiger partial charge on any atom is 0.239 e. The molecule has 30 heavy (non-hydrogen) atoms. The highest BCUT2D eigenvalue weighted by Gasteiger charge is 2.40. The number of carbonyl (C=O) groups excluding carboxylic acids is 2. The summed E-state index contributed by atoms with van der Waals surface area (Å²) in [5.41, 5.74) is 1.34. The summed E-state index contributed by atoms with van der Waals surface area (Å²) in [6, 6.07) is 2.84. The first-order valence-electron chi connectivity index (χ1n) is 10.3. The van der Waals surface area contributed by atoms with Gasteiger partial charge >= 0.3 is 0 Å². The Kier molecular flexibility index (Phi) is 6.99. The van der Waals surface area contributed by atoms with Crippen molar-refractivity contribution in [1.82, 2.24) is 14.9 Å². The Morgan fingerprint density at radius 3 is 2.47 bits per heavy atom. The van der Waals surface area contributed by atoms with Crippen LogP contribution in [-0.2, 0) is 4.79 Å². The number of aryl methyl sites for hydroxylation is 2. The maximum atomic E-state index is 13.4. The predicted octanol–water partition coefficient (Wildman–Crippen LogP) is 0.850. The normalized spacial score (nSPS) is 16.8. The molecule has 0 bridgehead atoms. The highest BCUT2D eigenvalue weighted by Crippen LogP contribution is 2.39. The summed E-state index contributed by atoms with van der Waals surface area (Å²) in [4.78, 5) is 38.0. The molecule has 0 radical (unpaired) electrons. The van der Waals surface area contributed by atoms with Gasteiger partial charge in [0.2, 0.25) is 11.7 Å². The summed E-state index contributed by atoms with van der Waals surface area (Å²) >= 11 is 1.26. The molecule has 3 heterocycles. The van der Waals surface area contributed by atoms with Crippen molar-refractivity contribution in [3.05, 3.63) is 57.0 Å². The van der Waals surface area contributed by atoms with E-state index in [1.165, 1.54) is 16.2 Å². The first-order valence-corrected chi connectivity index (χ1v) is 11.1. The summed E-state index contributed by atoms with van der Waals surface area (Å²) in [6.45, 7) is 11.2. The zero-order valence-corrected chi connectivity index (χ0v) is 18.7. The summed E-state index contributed by atoms with van der Waals surface area (Å²) < 4.78 is 0. The molecule has 0 saturated heterocycles. The van der Waals surface area contributed by atoms with Crippen LogP contribution in [0.5, 0.6) is 0 Å². The molecular formula is C22H28N4O3S. The highest BCUT2D eigenvalue weighted by molar-refractivity contribution is 7.14. The number of hydrogen-bond donors (Lipinski definition) is 1. The third-order valence-electron chi connectivity index (χ3n) is 5.59. The number of Topliss-reactive ketones (excluding diaryl/α,β-unsaturated/α-hetero) is 1. The van der Waals surface area contributed by atoms with Crippen molar-refractivity contribution >= 4 is 23.0 Å². The molecule has 0 spiro atoms. The van der Waals surface area contributed by atoms with E-state index < -0.39 is 23.5 Å². The van der Waals surface area contributed by atoms with E-state index in [-0.39, 0.29) is 5.57 Å². The molecule has 3 rings (SSSR count). The lowest BCUT2D eigenvalue weighted by atomic mass is 9.95. The second-order valence-corrected chi connectivity index (χ2v) is 8.66. The largest absolute Gasteiger partial charge is 0.868 e. The second kappa shape index (κ2) is 9.49. The SMILES string of the molecule is CC[NH+](CC)CCCN1C(=O)C([O-])=C(C(=O)c2sc(C)nc2C)C1c1ccncc1. The molecule has 1 amide bonds. The number of thiazole rings is 1. The van der Waals surface area contributed by atoms with Crippen molar-refractivity contribution in [3.63, 3.8) is 0 Å². The number of hydrogen-bond acceptors (Lipinski definition) is 6. The topological polar surface area (TPSA) is 90.7 Å². The number of pyridine rings is 1. The van der Waals surface area contributed by atoms with Gasteiger partial charge in [-0.05, 0) is 51.2 Å². The Labute approximate surface area is 181 Å². The van der Waals surface area contributed by atoms with Crippen molar-refractivity contribution in [1.29, 1.82) is 0 Å². The number of nitrogens with zero attached hydrogens (tertiary/aromatic N) is 3. The lowest BCUT2D eigenvalue weighted by molar-refractivity contribution is -0.896. The van der Waals surface area contributed by atoms with Crippen LogP contribution in [0.1, 0.15) is 52.2 Å². The van der Waals surface area contributed by atoms with E-state index in [4.69, 9.17) is 0 Å². The van der Waals surface area contributed by atoms with Crippen LogP contribution in [0.4, 0.5) is 0 Å². The van der Waals surface area contributed by atoms with Crippen molar-refractivity contribution in [2.45, 2.75) is 40.2 Å². The van der Waals surface area contributed by atoms with Crippen LogP contribution in [0.2, 0.25) is 0 Å². The van der Waals surface area contributed by atoms with Crippen LogP contribution in [0.25, 0.3) is 0 Å². The number of rotatable bonds is 9. The Bertz CT molecular complexity index is 951. The number of aromatic nitrogens is 2. The minimum absolute atomic E-state index is 0.0214. The van der Waals surface area contributed by atoms with Gasteiger partial charge in [0.05, 0.1) is 41.3 Å². The van der Waals surface area contributed by atoms with Gasteiger partial charge in [0.15, 0.2) is 0 Å². The van der Waals surface area contributed by atoms with Gasteiger partial charge < -0.3 is 14.9 Å². The van der Waals surface area contributed by atoms with Crippen LogP contribution in [0.3, 0.4) is 0 Å². The van der Waals surface area contributed by atoms with Gasteiger partial charge in [0.25, 0.3) is 0 Å². The lowest BCUT2D eigenvalue weighted by Gasteiger charge is -2.28. The molecule has 0 aliphatic carbocycles. The third kappa shape index (κ3) is 4.29. The molecule has 0 fully saturated rings. The first kappa shape index (κ1) is 22.1. The number of nitrogens with one attached hydrogen (secondary N) is 1. The first-order chi connectivity index (χ1) is 14.4. The Morgan fingerprint density at radius 1 is 1.23 bits per heavy atom. The standard InChI is InChI=1S/C22H28N4O3S/c1-5-25(6-2)12-7-13-26-18(16-8-10-23-11-9-16)17(20(28)22(26)29)19(27)21-14(3)24-15(4)30-21/h8-11,18,28H,5-7,12-13H2,1-4H3. The van der Waals surface area contributed by atoms with E-state index in [2.05, 4.69) is 23.8 Å². The van der Waals surface area contributed by atoms with Gasteiger partial charge in [-0.2, -0.15) is 0 Å². The fourth-order valence-corrected chi connectivity index (χ4v) is 4.83. The Morgan fingerprint density at radius 2 is 1.90 bits per heavy atom. The van der Waals surface area contributed by atoms with Gasteiger partial charge in [-0.3, -0.25) is 14.6 Å². The summed E-state index contributed by atoms with van der Waals surface area (Å²) in [5, 5.41) is 13.7. The van der Waals surface area contributed by atoms with Crippen molar-refractivity contribution in [2.24, 2.45) is 0 Å². The molecule has 8 heteroatoms. The van der Waals surface area contributed by atoms with Crippen LogP contribution in [-0.4, -0.2) is 52.7 Å². The zero-order chi connectivity index (χ0) is 21.8. The van der Waals surface area contributed by atoms with E-state index in [1.807, 2.05) is 6.92 Å². The molecule has 1 N–H and O–H groups in total. The van der Waals surface area contributed by atoms with Crippen LogP contribution < -0.4 is 10.0 Å². The highest BCUT2D eigenvalue weighted by atomic mass is 32.1. The molecule has 2 aromatic rings. The number of ketones is 1. The molecule has 160 valence electrons. The number of amides is 1. The molecule has 1 atom stereocenters. The molecule has 1 unspecified atom stereocenters. The van der Waals surface area contributed by atoms with E-state index in [1.54, 1.807) is 36.4 Å². The number of quaternary nitrogens is 1. The molecule has 0 saturated carbocycles. The van der Waals surface area contributed by atoms with Gasteiger partial charge in [-0.15, -0.1) is 11.3 Å². The van der Waals surface area contributed by atoms with Crippen molar-refractivity contribution < 1.29 is 19.6 Å². The fourth-order valence-electron chi connectivity index (χ4n) is 3.96. The summed E-state index contributed by atoms with van der Waals surface area (Å²) in [6.07, 6.45) is 3.99. The average Bonchev–Trinajstić information content (AvgIpc) is 3.21. The molecule has 1 aliphatic rings. The Hall–Kier alpha value is -2.58. The van der Waals surface area contributed by atoms with Crippen LogP contribution in [0.15, 0.2) is 35.9 Å². The molecule has 0 aromatic carbocycles. The predicted molar refractivity (Wildman–Crippen MR) is 113 cm³/mol. The second-order valence-electron chi connectivity index (χ2n) is 7.46. The van der Waals surface area contributed by atoms with Crippen molar-refractivity contribution in [3.8, 4) is 0 Å². The lowest BCUT2D eigenvalue weighted by Crippen LogP contribution is -3.11. The van der Waals surface area contributed by atoms with Gasteiger partial charge in [0.1, 0.15) is 0 Å². The van der Waals surface area contributed by atoms with E-state index in [9.17, 15) is 14.7 Å². The summed E-state index contributed by atoms with van der Waals surface area (Å²) in [5.74, 6) is -1.70. The minimum atomic E-state index is -0.706. The molecule has 2 aromatic heterocycles. The van der Waals surface area contributed by atoms with Crippen molar-refractivity contribution in [2.75, 3.05) is 26.2 Å². The van der Waals surface area contributed by atoms with E-state index in [0.717, 1.165) is 36.6 Å². The van der Waals surface area contributed by atoms with Gasteiger partial charge in [0, 0.05) is 30.9 Å². The van der Waals surface area contributed by atoms with E-state index >= 15 is 0 Å². The third-order valence-corrected chi connectivity index (χ3v) is 6.66. The van der Waals surface area contributed by atoms with Gasteiger partial charge in [-0.25, -0.2) is 4.98 Å². The monoisotopic (exact) mass is 428 g/mol.